The highest BCUT2D eigenvalue weighted by atomic mass is 19.1. The standard InChI is InChI=1S/C13H14FNO4/c1-7-3-2-4-8(11(7)14)12(16)15-10-6-19-5-9(10)13(17)18/h2-4,9-10H,5-6H2,1H3,(H,15,16)(H,17,18). The van der Waals surface area contributed by atoms with Crippen molar-refractivity contribution >= 4 is 11.9 Å². The van der Waals surface area contributed by atoms with Crippen LogP contribution in [0.1, 0.15) is 15.9 Å². The zero-order chi connectivity index (χ0) is 14.0. The van der Waals surface area contributed by atoms with Crippen LogP contribution in [0, 0.1) is 18.7 Å². The molecule has 2 unspecified atom stereocenters. The summed E-state index contributed by atoms with van der Waals surface area (Å²) in [6.45, 7) is 1.73. The van der Waals surface area contributed by atoms with Crippen molar-refractivity contribution in [1.82, 2.24) is 5.32 Å². The Bertz CT molecular complexity index is 517. The zero-order valence-electron chi connectivity index (χ0n) is 10.4. The molecule has 0 radical (unpaired) electrons. The smallest absolute Gasteiger partial charge is 0.311 e. The molecule has 0 spiro atoms. The van der Waals surface area contributed by atoms with Crippen LogP contribution in [-0.4, -0.2) is 36.2 Å². The second-order valence-electron chi connectivity index (χ2n) is 4.50. The summed E-state index contributed by atoms with van der Waals surface area (Å²) in [4.78, 5) is 22.9. The highest BCUT2D eigenvalue weighted by Gasteiger charge is 2.35. The van der Waals surface area contributed by atoms with E-state index in [-0.39, 0.29) is 18.8 Å². The van der Waals surface area contributed by atoms with Gasteiger partial charge in [0.1, 0.15) is 11.7 Å². The lowest BCUT2D eigenvalue weighted by Crippen LogP contribution is -2.43. The molecule has 2 N–H and O–H groups in total. The number of amides is 1. The van der Waals surface area contributed by atoms with Gasteiger partial charge in [-0.2, -0.15) is 0 Å². The lowest BCUT2D eigenvalue weighted by molar-refractivity contribution is -0.142. The second kappa shape index (κ2) is 5.36. The minimum absolute atomic E-state index is 0.0522. The quantitative estimate of drug-likeness (QED) is 0.855. The Kier molecular flexibility index (Phi) is 3.80. The molecule has 0 saturated carbocycles. The predicted molar refractivity (Wildman–Crippen MR) is 64.3 cm³/mol. The summed E-state index contributed by atoms with van der Waals surface area (Å²) in [5.41, 5.74) is 0.279. The molecular weight excluding hydrogens is 253 g/mol. The van der Waals surface area contributed by atoms with Gasteiger partial charge >= 0.3 is 5.97 Å². The van der Waals surface area contributed by atoms with Crippen LogP contribution in [0.2, 0.25) is 0 Å². The van der Waals surface area contributed by atoms with Gasteiger partial charge in [0.05, 0.1) is 24.8 Å². The normalized spacial score (nSPS) is 22.2. The number of carboxylic acid groups (broad SMARTS) is 1. The number of carboxylic acids is 1. The van der Waals surface area contributed by atoms with Gasteiger partial charge in [-0.25, -0.2) is 4.39 Å². The van der Waals surface area contributed by atoms with Crippen LogP contribution in [0.5, 0.6) is 0 Å². The Morgan fingerprint density at radius 1 is 1.42 bits per heavy atom. The monoisotopic (exact) mass is 267 g/mol. The van der Waals surface area contributed by atoms with Gasteiger partial charge in [0.2, 0.25) is 0 Å². The van der Waals surface area contributed by atoms with Crippen molar-refractivity contribution in [2.75, 3.05) is 13.2 Å². The van der Waals surface area contributed by atoms with E-state index < -0.39 is 29.7 Å². The minimum Gasteiger partial charge on any atom is -0.481 e. The SMILES string of the molecule is Cc1cccc(C(=O)NC2COCC2C(=O)O)c1F. The average molecular weight is 267 g/mol. The van der Waals surface area contributed by atoms with Crippen molar-refractivity contribution in [1.29, 1.82) is 0 Å². The van der Waals surface area contributed by atoms with E-state index in [1.807, 2.05) is 0 Å². The van der Waals surface area contributed by atoms with Crippen LogP contribution in [-0.2, 0) is 9.53 Å². The van der Waals surface area contributed by atoms with Crippen LogP contribution in [0.25, 0.3) is 0 Å². The van der Waals surface area contributed by atoms with Crippen molar-refractivity contribution in [3.63, 3.8) is 0 Å². The third-order valence-corrected chi connectivity index (χ3v) is 3.15. The summed E-state index contributed by atoms with van der Waals surface area (Å²) in [6.07, 6.45) is 0. The zero-order valence-corrected chi connectivity index (χ0v) is 10.4. The van der Waals surface area contributed by atoms with Gasteiger partial charge in [0.15, 0.2) is 0 Å². The Morgan fingerprint density at radius 2 is 2.16 bits per heavy atom. The van der Waals surface area contributed by atoms with Crippen LogP contribution in [0.4, 0.5) is 4.39 Å². The molecule has 6 heteroatoms. The van der Waals surface area contributed by atoms with Gasteiger partial charge in [-0.15, -0.1) is 0 Å². The molecule has 1 aliphatic heterocycles. The van der Waals surface area contributed by atoms with Crippen molar-refractivity contribution in [2.45, 2.75) is 13.0 Å². The summed E-state index contributed by atoms with van der Waals surface area (Å²) < 4.78 is 18.8. The van der Waals surface area contributed by atoms with E-state index in [1.54, 1.807) is 19.1 Å². The van der Waals surface area contributed by atoms with Gasteiger partial charge in [-0.3, -0.25) is 9.59 Å². The molecule has 0 aliphatic carbocycles. The third kappa shape index (κ3) is 2.73. The molecule has 1 aliphatic rings. The number of halogens is 1. The van der Waals surface area contributed by atoms with E-state index in [0.717, 1.165) is 0 Å². The van der Waals surface area contributed by atoms with Crippen molar-refractivity contribution < 1.29 is 23.8 Å². The summed E-state index contributed by atoms with van der Waals surface area (Å²) in [7, 11) is 0. The maximum atomic E-state index is 13.8. The predicted octanol–water partition coefficient (Wildman–Crippen LogP) is 0.964. The molecular formula is C13H14FNO4. The Labute approximate surface area is 109 Å². The fourth-order valence-electron chi connectivity index (χ4n) is 2.01. The van der Waals surface area contributed by atoms with Gasteiger partial charge in [-0.05, 0) is 18.6 Å². The molecule has 19 heavy (non-hydrogen) atoms. The molecule has 5 nitrogen and oxygen atoms in total. The molecule has 2 atom stereocenters. The number of aliphatic carboxylic acids is 1. The van der Waals surface area contributed by atoms with E-state index in [0.29, 0.717) is 5.56 Å². The first-order chi connectivity index (χ1) is 9.00. The summed E-state index contributed by atoms with van der Waals surface area (Å²) in [6, 6.07) is 3.87. The number of rotatable bonds is 3. The molecule has 1 amide bonds. The van der Waals surface area contributed by atoms with Crippen LogP contribution in [0.3, 0.4) is 0 Å². The Hall–Kier alpha value is -1.95. The number of carbonyl (C=O) groups is 2. The number of benzene rings is 1. The highest BCUT2D eigenvalue weighted by molar-refractivity contribution is 5.95. The third-order valence-electron chi connectivity index (χ3n) is 3.15. The lowest BCUT2D eigenvalue weighted by atomic mass is 10.0. The maximum Gasteiger partial charge on any atom is 0.311 e. The molecule has 1 fully saturated rings. The first-order valence-corrected chi connectivity index (χ1v) is 5.87. The first-order valence-electron chi connectivity index (χ1n) is 5.87. The van der Waals surface area contributed by atoms with E-state index in [4.69, 9.17) is 9.84 Å². The van der Waals surface area contributed by atoms with E-state index in [2.05, 4.69) is 5.32 Å². The second-order valence-corrected chi connectivity index (χ2v) is 4.50. The summed E-state index contributed by atoms with van der Waals surface area (Å²) in [5, 5.41) is 11.5. The highest BCUT2D eigenvalue weighted by Crippen LogP contribution is 2.16. The fourth-order valence-corrected chi connectivity index (χ4v) is 2.01. The molecule has 0 bridgehead atoms. The van der Waals surface area contributed by atoms with Crippen LogP contribution in [0.15, 0.2) is 18.2 Å². The molecule has 1 aromatic rings. The first kappa shape index (κ1) is 13.5. The fraction of sp³-hybridized carbons (Fsp3) is 0.385. The summed E-state index contributed by atoms with van der Waals surface area (Å²) >= 11 is 0. The van der Waals surface area contributed by atoms with Crippen molar-refractivity contribution in [2.24, 2.45) is 5.92 Å². The molecule has 102 valence electrons. The maximum absolute atomic E-state index is 13.8. The number of hydrogen-bond donors (Lipinski definition) is 2. The summed E-state index contributed by atoms with van der Waals surface area (Å²) in [5.74, 6) is -3.04. The number of hydrogen-bond acceptors (Lipinski definition) is 3. The molecule has 1 heterocycles. The van der Waals surface area contributed by atoms with E-state index in [1.165, 1.54) is 6.07 Å². The van der Waals surface area contributed by atoms with Gasteiger partial charge in [0, 0.05) is 0 Å². The number of ether oxygens (including phenoxy) is 1. The van der Waals surface area contributed by atoms with E-state index >= 15 is 0 Å². The lowest BCUT2D eigenvalue weighted by Gasteiger charge is -2.16. The Morgan fingerprint density at radius 3 is 2.84 bits per heavy atom. The number of nitrogens with one attached hydrogen (secondary N) is 1. The Balaban J connectivity index is 2.13. The molecule has 2 rings (SSSR count). The number of carbonyl (C=O) groups excluding carboxylic acids is 1. The van der Waals surface area contributed by atoms with Crippen LogP contribution < -0.4 is 5.32 Å². The molecule has 1 saturated heterocycles. The van der Waals surface area contributed by atoms with Gasteiger partial charge < -0.3 is 15.2 Å². The van der Waals surface area contributed by atoms with Crippen molar-refractivity contribution in [3.05, 3.63) is 35.1 Å². The van der Waals surface area contributed by atoms with E-state index in [9.17, 15) is 14.0 Å². The van der Waals surface area contributed by atoms with Gasteiger partial charge in [0.25, 0.3) is 5.91 Å². The topological polar surface area (TPSA) is 75.6 Å². The average Bonchev–Trinajstić information content (AvgIpc) is 2.80. The number of aryl methyl sites for hydroxylation is 1. The largest absolute Gasteiger partial charge is 0.481 e. The van der Waals surface area contributed by atoms with Gasteiger partial charge in [-0.1, -0.05) is 12.1 Å². The van der Waals surface area contributed by atoms with Crippen LogP contribution >= 0.6 is 0 Å². The molecule has 0 aromatic heterocycles. The van der Waals surface area contributed by atoms with Crippen molar-refractivity contribution in [3.8, 4) is 0 Å². The molecule has 1 aromatic carbocycles. The minimum atomic E-state index is -1.03.